The van der Waals surface area contributed by atoms with Gasteiger partial charge >= 0.3 is 0 Å². The molecule has 0 aliphatic rings. The van der Waals surface area contributed by atoms with Crippen LogP contribution in [0.5, 0.6) is 5.75 Å². The number of amides is 1. The fourth-order valence-electron chi connectivity index (χ4n) is 2.08. The molecule has 1 amide bonds. The van der Waals surface area contributed by atoms with E-state index in [9.17, 15) is 4.79 Å². The number of halogens is 2. The number of methoxy groups -OCH3 is 1. The van der Waals surface area contributed by atoms with Crippen molar-refractivity contribution in [3.8, 4) is 5.75 Å². The van der Waals surface area contributed by atoms with Crippen LogP contribution in [0.4, 0.5) is 5.69 Å². The molecule has 0 atom stereocenters. The van der Waals surface area contributed by atoms with E-state index in [0.29, 0.717) is 28.2 Å². The van der Waals surface area contributed by atoms with Crippen molar-refractivity contribution in [2.75, 3.05) is 26.0 Å². The fraction of sp³-hybridized carbons (Fsp3) is 0.250. The molecule has 0 bridgehead atoms. The Hall–Kier alpha value is -1.82. The number of aromatic nitrogens is 1. The van der Waals surface area contributed by atoms with Crippen LogP contribution in [0.2, 0.25) is 10.2 Å². The minimum atomic E-state index is -0.157. The predicted molar refractivity (Wildman–Crippen MR) is 92.2 cm³/mol. The number of rotatable bonds is 6. The number of nitrogens with zero attached hydrogens (tertiary/aromatic N) is 2. The van der Waals surface area contributed by atoms with E-state index in [1.807, 2.05) is 18.0 Å². The topological polar surface area (TPSA) is 54.5 Å². The van der Waals surface area contributed by atoms with Crippen molar-refractivity contribution >= 4 is 34.8 Å². The van der Waals surface area contributed by atoms with Crippen molar-refractivity contribution in [3.63, 3.8) is 0 Å². The SMILES string of the molecule is COc1ccc(Cl)cc1NC(=O)CN(C)Cc1ccc(Cl)nc1. The molecule has 1 aromatic heterocycles. The third-order valence-corrected chi connectivity index (χ3v) is 3.55. The number of hydrogen-bond donors (Lipinski definition) is 1. The van der Waals surface area contributed by atoms with Crippen LogP contribution >= 0.6 is 23.2 Å². The van der Waals surface area contributed by atoms with Crippen LogP contribution in [-0.2, 0) is 11.3 Å². The largest absolute Gasteiger partial charge is 0.495 e. The zero-order valence-corrected chi connectivity index (χ0v) is 14.4. The van der Waals surface area contributed by atoms with Crippen molar-refractivity contribution in [1.82, 2.24) is 9.88 Å². The molecule has 2 rings (SSSR count). The first-order valence-electron chi connectivity index (χ1n) is 6.90. The minimum Gasteiger partial charge on any atom is -0.495 e. The molecule has 1 heterocycles. The van der Waals surface area contributed by atoms with Gasteiger partial charge in [0.2, 0.25) is 5.91 Å². The van der Waals surface area contributed by atoms with Crippen LogP contribution in [0.3, 0.4) is 0 Å². The van der Waals surface area contributed by atoms with Gasteiger partial charge in [-0.25, -0.2) is 4.98 Å². The van der Waals surface area contributed by atoms with E-state index in [1.165, 1.54) is 0 Å². The smallest absolute Gasteiger partial charge is 0.238 e. The third kappa shape index (κ3) is 5.39. The summed E-state index contributed by atoms with van der Waals surface area (Å²) < 4.78 is 5.21. The Morgan fingerprint density at radius 2 is 2.09 bits per heavy atom. The molecule has 122 valence electrons. The molecule has 7 heteroatoms. The third-order valence-electron chi connectivity index (χ3n) is 3.09. The summed E-state index contributed by atoms with van der Waals surface area (Å²) in [5, 5.41) is 3.78. The summed E-state index contributed by atoms with van der Waals surface area (Å²) in [6.07, 6.45) is 1.69. The monoisotopic (exact) mass is 353 g/mol. The minimum absolute atomic E-state index is 0.157. The van der Waals surface area contributed by atoms with Crippen molar-refractivity contribution in [2.24, 2.45) is 0 Å². The lowest BCUT2D eigenvalue weighted by molar-refractivity contribution is -0.117. The highest BCUT2D eigenvalue weighted by atomic mass is 35.5. The summed E-state index contributed by atoms with van der Waals surface area (Å²) in [5.74, 6) is 0.405. The van der Waals surface area contributed by atoms with Gasteiger partial charge in [0.25, 0.3) is 0 Å². The van der Waals surface area contributed by atoms with Crippen LogP contribution in [-0.4, -0.2) is 36.5 Å². The Balaban J connectivity index is 1.94. The van der Waals surface area contributed by atoms with Crippen molar-refractivity contribution in [3.05, 3.63) is 52.3 Å². The summed E-state index contributed by atoms with van der Waals surface area (Å²) in [5.41, 5.74) is 1.52. The first kappa shape index (κ1) is 17.5. The Bertz CT molecular complexity index is 678. The quantitative estimate of drug-likeness (QED) is 0.808. The van der Waals surface area contributed by atoms with E-state index in [2.05, 4.69) is 10.3 Å². The first-order valence-corrected chi connectivity index (χ1v) is 7.66. The maximum atomic E-state index is 12.2. The number of ether oxygens (including phenoxy) is 1. The molecule has 0 aliphatic carbocycles. The fourth-order valence-corrected chi connectivity index (χ4v) is 2.36. The van der Waals surface area contributed by atoms with E-state index in [1.54, 1.807) is 37.6 Å². The molecule has 0 unspecified atom stereocenters. The van der Waals surface area contributed by atoms with E-state index in [4.69, 9.17) is 27.9 Å². The predicted octanol–water partition coefficient (Wildman–Crippen LogP) is 3.47. The zero-order valence-electron chi connectivity index (χ0n) is 12.8. The van der Waals surface area contributed by atoms with E-state index < -0.39 is 0 Å². The standard InChI is InChI=1S/C16H17Cl2N3O2/c1-21(9-11-3-6-15(18)19-8-11)10-16(22)20-13-7-12(17)4-5-14(13)23-2/h3-8H,9-10H2,1-2H3,(H,20,22). The molecule has 0 radical (unpaired) electrons. The van der Waals surface area contributed by atoms with Crippen LogP contribution < -0.4 is 10.1 Å². The molecule has 2 aromatic rings. The van der Waals surface area contributed by atoms with Crippen LogP contribution in [0, 0.1) is 0 Å². The van der Waals surface area contributed by atoms with Gasteiger partial charge in [-0.1, -0.05) is 29.3 Å². The van der Waals surface area contributed by atoms with Crippen LogP contribution in [0.15, 0.2) is 36.5 Å². The van der Waals surface area contributed by atoms with Gasteiger partial charge in [0.05, 0.1) is 19.3 Å². The van der Waals surface area contributed by atoms with Crippen molar-refractivity contribution in [2.45, 2.75) is 6.54 Å². The number of hydrogen-bond acceptors (Lipinski definition) is 4. The second-order valence-electron chi connectivity index (χ2n) is 5.05. The number of carbonyl (C=O) groups excluding carboxylic acids is 1. The van der Waals surface area contributed by atoms with Crippen molar-refractivity contribution in [1.29, 1.82) is 0 Å². The van der Waals surface area contributed by atoms with E-state index >= 15 is 0 Å². The number of benzene rings is 1. The van der Waals surface area contributed by atoms with Gasteiger partial charge in [-0.2, -0.15) is 0 Å². The van der Waals surface area contributed by atoms with Gasteiger partial charge in [-0.15, -0.1) is 0 Å². The summed E-state index contributed by atoms with van der Waals surface area (Å²) in [6, 6.07) is 8.67. The molecular weight excluding hydrogens is 337 g/mol. The molecular formula is C16H17Cl2N3O2. The van der Waals surface area contributed by atoms with E-state index in [-0.39, 0.29) is 12.5 Å². The normalized spacial score (nSPS) is 10.7. The molecule has 1 aromatic carbocycles. The zero-order chi connectivity index (χ0) is 16.8. The number of carbonyl (C=O) groups is 1. The molecule has 5 nitrogen and oxygen atoms in total. The summed E-state index contributed by atoms with van der Waals surface area (Å²) >= 11 is 11.7. The second kappa shape index (κ2) is 8.15. The molecule has 0 aliphatic heterocycles. The molecule has 0 spiro atoms. The average Bonchev–Trinajstić information content (AvgIpc) is 2.49. The van der Waals surface area contributed by atoms with Crippen molar-refractivity contribution < 1.29 is 9.53 Å². The number of anilines is 1. The van der Waals surface area contributed by atoms with Gasteiger partial charge in [-0.05, 0) is 36.9 Å². The Morgan fingerprint density at radius 3 is 2.74 bits per heavy atom. The second-order valence-corrected chi connectivity index (χ2v) is 5.88. The Morgan fingerprint density at radius 1 is 1.30 bits per heavy atom. The molecule has 0 fully saturated rings. The highest BCUT2D eigenvalue weighted by molar-refractivity contribution is 6.31. The molecule has 1 N–H and O–H groups in total. The average molecular weight is 354 g/mol. The van der Waals surface area contributed by atoms with Gasteiger partial charge in [0.1, 0.15) is 10.9 Å². The summed E-state index contributed by atoms with van der Waals surface area (Å²) in [6.45, 7) is 0.808. The lowest BCUT2D eigenvalue weighted by Gasteiger charge is -2.17. The summed E-state index contributed by atoms with van der Waals surface area (Å²) in [7, 11) is 3.39. The highest BCUT2D eigenvalue weighted by Gasteiger charge is 2.11. The number of nitrogens with one attached hydrogen (secondary N) is 1. The lowest BCUT2D eigenvalue weighted by Crippen LogP contribution is -2.30. The molecule has 0 saturated carbocycles. The van der Waals surface area contributed by atoms with Crippen LogP contribution in [0.1, 0.15) is 5.56 Å². The maximum absolute atomic E-state index is 12.2. The summed E-state index contributed by atoms with van der Waals surface area (Å²) in [4.78, 5) is 18.0. The van der Waals surface area contributed by atoms with E-state index in [0.717, 1.165) is 5.56 Å². The lowest BCUT2D eigenvalue weighted by atomic mass is 10.2. The molecule has 0 saturated heterocycles. The number of likely N-dealkylation sites (N-methyl/N-ethyl adjacent to an activating group) is 1. The molecule has 23 heavy (non-hydrogen) atoms. The first-order chi connectivity index (χ1) is 11.0. The highest BCUT2D eigenvalue weighted by Crippen LogP contribution is 2.27. The van der Waals surface area contributed by atoms with Gasteiger partial charge in [0.15, 0.2) is 0 Å². The Kier molecular flexibility index (Phi) is 6.21. The van der Waals surface area contributed by atoms with Gasteiger partial charge in [0, 0.05) is 17.8 Å². The number of pyridine rings is 1. The van der Waals surface area contributed by atoms with Gasteiger partial charge < -0.3 is 10.1 Å². The Labute approximate surface area is 145 Å². The maximum Gasteiger partial charge on any atom is 0.238 e. The van der Waals surface area contributed by atoms with Gasteiger partial charge in [-0.3, -0.25) is 9.69 Å². The van der Waals surface area contributed by atoms with Crippen LogP contribution in [0.25, 0.3) is 0 Å².